The van der Waals surface area contributed by atoms with Crippen molar-refractivity contribution in [2.24, 2.45) is 5.92 Å². The first-order chi connectivity index (χ1) is 10.5. The molecule has 2 rings (SSSR count). The van der Waals surface area contributed by atoms with Gasteiger partial charge in [-0.3, -0.25) is 4.68 Å². The number of thioether (sulfide) groups is 1. The summed E-state index contributed by atoms with van der Waals surface area (Å²) < 4.78 is 2.01. The molecule has 3 atom stereocenters. The normalized spacial score (nSPS) is 22.5. The number of urea groups is 1. The van der Waals surface area contributed by atoms with Crippen LogP contribution in [0.4, 0.5) is 4.79 Å². The maximum atomic E-state index is 12.0. The van der Waals surface area contributed by atoms with Gasteiger partial charge in [-0.25, -0.2) is 4.79 Å². The summed E-state index contributed by atoms with van der Waals surface area (Å²) in [5.74, 6) is 0.353. The predicted octanol–water partition coefficient (Wildman–Crippen LogP) is 2.72. The fourth-order valence-electron chi connectivity index (χ4n) is 3.01. The van der Waals surface area contributed by atoms with Crippen molar-refractivity contribution in [1.29, 1.82) is 0 Å². The van der Waals surface area contributed by atoms with Crippen LogP contribution in [0.15, 0.2) is 6.07 Å². The van der Waals surface area contributed by atoms with Gasteiger partial charge in [-0.2, -0.15) is 16.9 Å². The Balaban J connectivity index is 1.68. The Labute approximate surface area is 137 Å². The largest absolute Gasteiger partial charge is 0.338 e. The van der Waals surface area contributed by atoms with Crippen LogP contribution in [-0.4, -0.2) is 39.9 Å². The van der Waals surface area contributed by atoms with Crippen LogP contribution in [0, 0.1) is 19.8 Å². The Morgan fingerprint density at radius 3 is 2.86 bits per heavy atom. The minimum atomic E-state index is -0.0352. The van der Waals surface area contributed by atoms with E-state index < -0.39 is 0 Å². The Morgan fingerprint density at radius 2 is 2.27 bits per heavy atom. The predicted molar refractivity (Wildman–Crippen MR) is 92.3 cm³/mol. The smallest absolute Gasteiger partial charge is 0.315 e. The number of nitrogens with zero attached hydrogens (tertiary/aromatic N) is 2. The van der Waals surface area contributed by atoms with Gasteiger partial charge in [0, 0.05) is 30.1 Å². The summed E-state index contributed by atoms with van der Waals surface area (Å²) >= 11 is 1.90. The monoisotopic (exact) mass is 324 g/mol. The first-order valence-electron chi connectivity index (χ1n) is 8.06. The average Bonchev–Trinajstić information content (AvgIpc) is 3.03. The van der Waals surface area contributed by atoms with E-state index in [1.165, 1.54) is 12.1 Å². The summed E-state index contributed by atoms with van der Waals surface area (Å²) in [6, 6.07) is 2.38. The van der Waals surface area contributed by atoms with Crippen molar-refractivity contribution < 1.29 is 4.79 Å². The van der Waals surface area contributed by atoms with Crippen molar-refractivity contribution in [3.8, 4) is 0 Å². The van der Waals surface area contributed by atoms with Crippen LogP contribution in [-0.2, 0) is 6.54 Å². The molecule has 5 nitrogen and oxygen atoms in total. The van der Waals surface area contributed by atoms with E-state index in [-0.39, 0.29) is 6.03 Å². The van der Waals surface area contributed by atoms with Crippen LogP contribution in [0.2, 0.25) is 0 Å². The zero-order valence-corrected chi connectivity index (χ0v) is 14.9. The second-order valence-electron chi connectivity index (χ2n) is 6.44. The van der Waals surface area contributed by atoms with E-state index in [2.05, 4.69) is 41.9 Å². The zero-order valence-electron chi connectivity index (χ0n) is 14.1. The molecular formula is C16H28N4OS. The highest BCUT2D eigenvalue weighted by molar-refractivity contribution is 7.99. The quantitative estimate of drug-likeness (QED) is 0.846. The maximum Gasteiger partial charge on any atom is 0.315 e. The Bertz CT molecular complexity index is 502. The molecular weight excluding hydrogens is 296 g/mol. The molecule has 1 aliphatic rings. The summed E-state index contributed by atoms with van der Waals surface area (Å²) in [4.78, 5) is 12.0. The van der Waals surface area contributed by atoms with Crippen molar-refractivity contribution >= 4 is 17.8 Å². The van der Waals surface area contributed by atoms with Crippen molar-refractivity contribution in [3.63, 3.8) is 0 Å². The lowest BCUT2D eigenvalue weighted by Gasteiger charge is -2.17. The molecule has 0 radical (unpaired) electrons. The van der Waals surface area contributed by atoms with Crippen molar-refractivity contribution in [2.45, 2.75) is 57.9 Å². The number of carbonyl (C=O) groups is 1. The number of hydrogen-bond donors (Lipinski definition) is 2. The van der Waals surface area contributed by atoms with Crippen LogP contribution in [0.1, 0.15) is 37.6 Å². The van der Waals surface area contributed by atoms with E-state index in [4.69, 9.17) is 0 Å². The van der Waals surface area contributed by atoms with Gasteiger partial charge in [0.15, 0.2) is 0 Å². The second-order valence-corrected chi connectivity index (χ2v) is 7.57. The lowest BCUT2D eigenvalue weighted by atomic mass is 10.2. The zero-order chi connectivity index (χ0) is 16.1. The molecule has 1 saturated carbocycles. The Kier molecular flexibility index (Phi) is 6.17. The number of aryl methyl sites for hydroxylation is 2. The number of amides is 2. The van der Waals surface area contributed by atoms with Gasteiger partial charge in [0.05, 0.1) is 5.69 Å². The van der Waals surface area contributed by atoms with Gasteiger partial charge in [-0.05, 0) is 51.3 Å². The number of carbonyl (C=O) groups excluding carboxylic acids is 1. The average molecular weight is 324 g/mol. The fourth-order valence-corrected chi connectivity index (χ4v) is 3.80. The van der Waals surface area contributed by atoms with E-state index in [1.807, 2.05) is 23.4 Å². The summed E-state index contributed by atoms with van der Waals surface area (Å²) in [5, 5.41) is 11.3. The first-order valence-corrected chi connectivity index (χ1v) is 9.35. The van der Waals surface area contributed by atoms with Gasteiger partial charge in [0.1, 0.15) is 0 Å². The van der Waals surface area contributed by atoms with E-state index in [9.17, 15) is 4.79 Å². The van der Waals surface area contributed by atoms with Crippen LogP contribution in [0.25, 0.3) is 0 Å². The summed E-state index contributed by atoms with van der Waals surface area (Å²) in [5.41, 5.74) is 2.21. The van der Waals surface area contributed by atoms with Crippen LogP contribution in [0.3, 0.4) is 0 Å². The lowest BCUT2D eigenvalue weighted by molar-refractivity contribution is 0.234. The van der Waals surface area contributed by atoms with Crippen molar-refractivity contribution in [3.05, 3.63) is 17.5 Å². The van der Waals surface area contributed by atoms with E-state index in [1.54, 1.807) is 0 Å². The SMILES string of the molecule is CS[C@@H]1CC[C@H](NC(=O)NC[C@@H](C)Cn2nc(C)cc2C)C1. The van der Waals surface area contributed by atoms with Gasteiger partial charge < -0.3 is 10.6 Å². The molecule has 2 amide bonds. The lowest BCUT2D eigenvalue weighted by Crippen LogP contribution is -2.43. The minimum Gasteiger partial charge on any atom is -0.338 e. The third-order valence-electron chi connectivity index (χ3n) is 4.25. The standard InChI is InChI=1S/C16H28N4OS/c1-11(10-20-13(3)7-12(2)19-20)9-17-16(21)18-14-5-6-15(8-14)22-4/h7,11,14-15H,5-6,8-10H2,1-4H3,(H2,17,18,21)/t11-,14+,15-/m1/s1. The van der Waals surface area contributed by atoms with Crippen molar-refractivity contribution in [1.82, 2.24) is 20.4 Å². The molecule has 6 heteroatoms. The molecule has 1 aromatic rings. The Morgan fingerprint density at radius 1 is 1.50 bits per heavy atom. The molecule has 1 heterocycles. The molecule has 0 aliphatic heterocycles. The molecule has 1 aromatic heterocycles. The molecule has 0 bridgehead atoms. The molecule has 2 N–H and O–H groups in total. The molecule has 124 valence electrons. The van der Waals surface area contributed by atoms with E-state index in [0.29, 0.717) is 23.8 Å². The van der Waals surface area contributed by atoms with Crippen LogP contribution >= 0.6 is 11.8 Å². The summed E-state index contributed by atoms with van der Waals surface area (Å²) in [7, 11) is 0. The summed E-state index contributed by atoms with van der Waals surface area (Å²) in [6.07, 6.45) is 5.55. The van der Waals surface area contributed by atoms with Crippen molar-refractivity contribution in [2.75, 3.05) is 12.8 Å². The van der Waals surface area contributed by atoms with E-state index >= 15 is 0 Å². The number of hydrogen-bond acceptors (Lipinski definition) is 3. The van der Waals surface area contributed by atoms with Gasteiger partial charge in [0.25, 0.3) is 0 Å². The fraction of sp³-hybridized carbons (Fsp3) is 0.750. The molecule has 0 spiro atoms. The molecule has 0 aromatic carbocycles. The molecule has 0 saturated heterocycles. The van der Waals surface area contributed by atoms with Crippen LogP contribution in [0.5, 0.6) is 0 Å². The number of rotatable bonds is 6. The molecule has 1 aliphatic carbocycles. The topological polar surface area (TPSA) is 59.0 Å². The molecule has 1 fully saturated rings. The highest BCUT2D eigenvalue weighted by Gasteiger charge is 2.25. The maximum absolute atomic E-state index is 12.0. The van der Waals surface area contributed by atoms with Gasteiger partial charge in [-0.1, -0.05) is 6.92 Å². The van der Waals surface area contributed by atoms with E-state index in [0.717, 1.165) is 25.1 Å². The van der Waals surface area contributed by atoms with Gasteiger partial charge in [-0.15, -0.1) is 0 Å². The third-order valence-corrected chi connectivity index (χ3v) is 5.35. The number of aromatic nitrogens is 2. The molecule has 22 heavy (non-hydrogen) atoms. The third kappa shape index (κ3) is 4.93. The van der Waals surface area contributed by atoms with Gasteiger partial charge in [0.2, 0.25) is 0 Å². The number of nitrogens with one attached hydrogen (secondary N) is 2. The highest BCUT2D eigenvalue weighted by atomic mass is 32.2. The minimum absolute atomic E-state index is 0.0352. The Hall–Kier alpha value is -1.17. The van der Waals surface area contributed by atoms with Gasteiger partial charge >= 0.3 is 6.03 Å². The summed E-state index contributed by atoms with van der Waals surface area (Å²) in [6.45, 7) is 7.70. The molecule has 0 unspecified atom stereocenters. The van der Waals surface area contributed by atoms with Crippen LogP contribution < -0.4 is 10.6 Å². The second kappa shape index (κ2) is 7.90. The highest BCUT2D eigenvalue weighted by Crippen LogP contribution is 2.27. The first kappa shape index (κ1) is 17.2.